The lowest BCUT2D eigenvalue weighted by Crippen LogP contribution is -2.55. The van der Waals surface area contributed by atoms with E-state index < -0.39 is 23.9 Å². The molecule has 0 saturated heterocycles. The standard InChI is InChI=1S/C22H41N7O3/c1-2-3-4-5-6-9-12-26-21(31)18(10-7-8-11-23)29-22(32)19(28-20(30)14-24)13-17-15-25-16-27-17/h15-16,18-19H,2-14,23-24H2,1H3,(H,25,27)(H,26,31)(H,28,30)(H,29,32)/t18-,19-/m0/s1. The van der Waals surface area contributed by atoms with Gasteiger partial charge in [-0.05, 0) is 32.2 Å². The van der Waals surface area contributed by atoms with Gasteiger partial charge in [0.2, 0.25) is 17.7 Å². The lowest BCUT2D eigenvalue weighted by atomic mass is 10.1. The van der Waals surface area contributed by atoms with Crippen molar-refractivity contribution >= 4 is 17.7 Å². The van der Waals surface area contributed by atoms with E-state index in [1.54, 1.807) is 6.20 Å². The van der Waals surface area contributed by atoms with Gasteiger partial charge in [-0.25, -0.2) is 4.98 Å². The Morgan fingerprint density at radius 3 is 2.38 bits per heavy atom. The maximum absolute atomic E-state index is 12.9. The molecule has 0 aliphatic rings. The van der Waals surface area contributed by atoms with Crippen LogP contribution < -0.4 is 27.4 Å². The first kappa shape index (κ1) is 27.6. The van der Waals surface area contributed by atoms with Crippen molar-refractivity contribution in [1.82, 2.24) is 25.9 Å². The van der Waals surface area contributed by atoms with E-state index in [1.165, 1.54) is 25.6 Å². The highest BCUT2D eigenvalue weighted by Crippen LogP contribution is 2.06. The van der Waals surface area contributed by atoms with Crippen molar-refractivity contribution in [3.05, 3.63) is 18.2 Å². The summed E-state index contributed by atoms with van der Waals surface area (Å²) in [5.74, 6) is -1.11. The predicted octanol–water partition coefficient (Wildman–Crippen LogP) is 0.486. The van der Waals surface area contributed by atoms with Gasteiger partial charge in [0.05, 0.1) is 18.6 Å². The minimum atomic E-state index is -0.877. The van der Waals surface area contributed by atoms with Crippen molar-refractivity contribution in [3.63, 3.8) is 0 Å². The molecule has 0 radical (unpaired) electrons. The van der Waals surface area contributed by atoms with Crippen LogP contribution in [-0.2, 0) is 20.8 Å². The number of imidazole rings is 1. The molecule has 1 heterocycles. The van der Waals surface area contributed by atoms with Crippen LogP contribution in [0.25, 0.3) is 0 Å². The van der Waals surface area contributed by atoms with Gasteiger partial charge in [0, 0.05) is 19.2 Å². The zero-order chi connectivity index (χ0) is 23.6. The number of unbranched alkanes of at least 4 members (excludes halogenated alkanes) is 6. The molecule has 2 atom stereocenters. The Balaban J connectivity index is 2.66. The van der Waals surface area contributed by atoms with Gasteiger partial charge in [-0.2, -0.15) is 0 Å². The van der Waals surface area contributed by atoms with E-state index in [2.05, 4.69) is 32.8 Å². The molecule has 1 rings (SSSR count). The van der Waals surface area contributed by atoms with E-state index in [-0.39, 0.29) is 18.9 Å². The third-order valence-corrected chi connectivity index (χ3v) is 5.21. The van der Waals surface area contributed by atoms with Crippen LogP contribution in [0.15, 0.2) is 12.5 Å². The summed E-state index contributed by atoms with van der Waals surface area (Å²) in [7, 11) is 0. The highest BCUT2D eigenvalue weighted by Gasteiger charge is 2.27. The average molecular weight is 452 g/mol. The van der Waals surface area contributed by atoms with Gasteiger partial charge in [0.15, 0.2) is 0 Å². The third kappa shape index (κ3) is 11.8. The molecule has 0 spiro atoms. The Labute approximate surface area is 191 Å². The number of amides is 3. The van der Waals surface area contributed by atoms with Crippen molar-refractivity contribution in [2.75, 3.05) is 19.6 Å². The molecule has 0 aromatic carbocycles. The van der Waals surface area contributed by atoms with Gasteiger partial charge in [-0.1, -0.05) is 39.0 Å². The number of aromatic amines is 1. The predicted molar refractivity (Wildman–Crippen MR) is 124 cm³/mol. The Kier molecular flexibility index (Phi) is 14.8. The largest absolute Gasteiger partial charge is 0.354 e. The first-order valence-electron chi connectivity index (χ1n) is 11.8. The molecule has 0 aliphatic heterocycles. The second kappa shape index (κ2) is 17.1. The Bertz CT molecular complexity index is 652. The molecule has 1 aromatic rings. The van der Waals surface area contributed by atoms with Gasteiger partial charge >= 0.3 is 0 Å². The fourth-order valence-corrected chi connectivity index (χ4v) is 3.35. The SMILES string of the molecule is CCCCCCCCNC(=O)[C@H](CCCCN)NC(=O)[C@H](Cc1c[nH]cn1)NC(=O)CN. The number of hydrogen-bond donors (Lipinski definition) is 6. The Hall–Kier alpha value is -2.46. The number of hydrogen-bond acceptors (Lipinski definition) is 6. The maximum Gasteiger partial charge on any atom is 0.243 e. The quantitative estimate of drug-likeness (QED) is 0.177. The summed E-state index contributed by atoms with van der Waals surface area (Å²) in [6, 6.07) is -1.57. The smallest absolute Gasteiger partial charge is 0.243 e. The van der Waals surface area contributed by atoms with E-state index in [4.69, 9.17) is 11.5 Å². The first-order chi connectivity index (χ1) is 15.5. The maximum atomic E-state index is 12.9. The van der Waals surface area contributed by atoms with Crippen LogP contribution in [0.5, 0.6) is 0 Å². The van der Waals surface area contributed by atoms with Gasteiger partial charge in [0.1, 0.15) is 12.1 Å². The summed E-state index contributed by atoms with van der Waals surface area (Å²) < 4.78 is 0. The van der Waals surface area contributed by atoms with Crippen LogP contribution in [0.2, 0.25) is 0 Å². The van der Waals surface area contributed by atoms with E-state index in [9.17, 15) is 14.4 Å². The van der Waals surface area contributed by atoms with E-state index >= 15 is 0 Å². The zero-order valence-corrected chi connectivity index (χ0v) is 19.3. The fraction of sp³-hybridized carbons (Fsp3) is 0.727. The number of carbonyl (C=O) groups excluding carboxylic acids is 3. The minimum absolute atomic E-state index is 0.190. The summed E-state index contributed by atoms with van der Waals surface area (Å²) >= 11 is 0. The summed E-state index contributed by atoms with van der Waals surface area (Å²) in [5.41, 5.74) is 11.6. The van der Waals surface area contributed by atoms with E-state index in [1.807, 2.05) is 0 Å². The number of rotatable bonds is 18. The number of carbonyl (C=O) groups is 3. The molecule has 32 heavy (non-hydrogen) atoms. The van der Waals surface area contributed by atoms with Crippen molar-refractivity contribution in [3.8, 4) is 0 Å². The highest BCUT2D eigenvalue weighted by atomic mass is 16.2. The van der Waals surface area contributed by atoms with Crippen LogP contribution in [0.4, 0.5) is 0 Å². The zero-order valence-electron chi connectivity index (χ0n) is 19.3. The minimum Gasteiger partial charge on any atom is -0.354 e. The van der Waals surface area contributed by atoms with Gasteiger partial charge in [-0.15, -0.1) is 0 Å². The molecule has 0 saturated carbocycles. The number of H-pyrrole nitrogens is 1. The second-order valence-corrected chi connectivity index (χ2v) is 7.99. The molecule has 0 bridgehead atoms. The summed E-state index contributed by atoms with van der Waals surface area (Å²) in [4.78, 5) is 44.4. The second-order valence-electron chi connectivity index (χ2n) is 7.99. The molecule has 8 N–H and O–H groups in total. The van der Waals surface area contributed by atoms with E-state index in [0.717, 1.165) is 25.7 Å². The van der Waals surface area contributed by atoms with Gasteiger partial charge in [0.25, 0.3) is 0 Å². The number of nitrogens with two attached hydrogens (primary N) is 2. The van der Waals surface area contributed by atoms with Crippen molar-refractivity contribution in [2.45, 2.75) is 83.2 Å². The van der Waals surface area contributed by atoms with Crippen LogP contribution >= 0.6 is 0 Å². The van der Waals surface area contributed by atoms with Crippen LogP contribution in [-0.4, -0.2) is 59.4 Å². The van der Waals surface area contributed by atoms with Gasteiger partial charge < -0.3 is 32.4 Å². The summed E-state index contributed by atoms with van der Waals surface area (Å²) in [6.07, 6.45) is 12.1. The topological polar surface area (TPSA) is 168 Å². The number of aromatic nitrogens is 2. The molecule has 0 aliphatic carbocycles. The van der Waals surface area contributed by atoms with Crippen molar-refractivity contribution in [1.29, 1.82) is 0 Å². The lowest BCUT2D eigenvalue weighted by molar-refractivity contribution is -0.132. The highest BCUT2D eigenvalue weighted by molar-refractivity contribution is 5.92. The molecule has 0 unspecified atom stereocenters. The molecule has 3 amide bonds. The van der Waals surface area contributed by atoms with Gasteiger partial charge in [-0.3, -0.25) is 14.4 Å². The number of nitrogens with zero attached hydrogens (tertiary/aromatic N) is 1. The van der Waals surface area contributed by atoms with Crippen LogP contribution in [0.3, 0.4) is 0 Å². The molecule has 0 fully saturated rings. The molecule has 1 aromatic heterocycles. The number of nitrogens with one attached hydrogen (secondary N) is 4. The monoisotopic (exact) mass is 451 g/mol. The third-order valence-electron chi connectivity index (χ3n) is 5.21. The van der Waals surface area contributed by atoms with Crippen molar-refractivity contribution < 1.29 is 14.4 Å². The molecular weight excluding hydrogens is 410 g/mol. The molecule has 10 nitrogen and oxygen atoms in total. The molecule has 182 valence electrons. The Morgan fingerprint density at radius 1 is 0.969 bits per heavy atom. The Morgan fingerprint density at radius 2 is 1.72 bits per heavy atom. The fourth-order valence-electron chi connectivity index (χ4n) is 3.35. The normalized spacial score (nSPS) is 12.7. The molecular formula is C22H41N7O3. The average Bonchev–Trinajstić information content (AvgIpc) is 3.30. The summed E-state index contributed by atoms with van der Waals surface area (Å²) in [5, 5.41) is 8.35. The molecule has 10 heteroatoms. The van der Waals surface area contributed by atoms with Crippen LogP contribution in [0.1, 0.15) is 70.4 Å². The summed E-state index contributed by atoms with van der Waals surface area (Å²) in [6.45, 7) is 3.05. The lowest BCUT2D eigenvalue weighted by Gasteiger charge is -2.23. The first-order valence-corrected chi connectivity index (χ1v) is 11.8. The van der Waals surface area contributed by atoms with Crippen LogP contribution in [0, 0.1) is 0 Å². The van der Waals surface area contributed by atoms with E-state index in [0.29, 0.717) is 31.6 Å². The van der Waals surface area contributed by atoms with Crippen molar-refractivity contribution in [2.24, 2.45) is 11.5 Å².